The van der Waals surface area contributed by atoms with Crippen LogP contribution in [0.2, 0.25) is 0 Å². The summed E-state index contributed by atoms with van der Waals surface area (Å²) >= 11 is 0. The predicted molar refractivity (Wildman–Crippen MR) is 69.5 cm³/mol. The summed E-state index contributed by atoms with van der Waals surface area (Å²) < 4.78 is 16.8. The Labute approximate surface area is 107 Å². The normalized spacial score (nSPS) is 23.2. The lowest BCUT2D eigenvalue weighted by Gasteiger charge is -2.24. The molecule has 1 aromatic rings. The maximum atomic E-state index is 5.68. The quantitative estimate of drug-likeness (QED) is 0.874. The zero-order chi connectivity index (χ0) is 12.2. The number of nitrogens with one attached hydrogen (secondary N) is 1. The van der Waals surface area contributed by atoms with Crippen molar-refractivity contribution in [3.63, 3.8) is 0 Å². The molecule has 18 heavy (non-hydrogen) atoms. The van der Waals surface area contributed by atoms with Gasteiger partial charge >= 0.3 is 0 Å². The van der Waals surface area contributed by atoms with E-state index >= 15 is 0 Å². The first-order valence-electron chi connectivity index (χ1n) is 6.66. The summed E-state index contributed by atoms with van der Waals surface area (Å²) in [5, 5.41) is 3.49. The Kier molecular flexibility index (Phi) is 3.55. The second-order valence-electron chi connectivity index (χ2n) is 4.77. The third kappa shape index (κ3) is 2.70. The van der Waals surface area contributed by atoms with Crippen LogP contribution in [0.5, 0.6) is 11.5 Å². The number of ether oxygens (including phenoxy) is 3. The van der Waals surface area contributed by atoms with Crippen LogP contribution in [0.1, 0.15) is 19.3 Å². The molecule has 0 saturated carbocycles. The highest BCUT2D eigenvalue weighted by molar-refractivity contribution is 5.55. The van der Waals surface area contributed by atoms with E-state index < -0.39 is 0 Å². The maximum absolute atomic E-state index is 5.68. The summed E-state index contributed by atoms with van der Waals surface area (Å²) in [6.45, 7) is 3.13. The Bertz CT molecular complexity index is 402. The molecule has 98 valence electrons. The highest BCUT2D eigenvalue weighted by Crippen LogP contribution is 2.32. The Balaban J connectivity index is 1.70. The Morgan fingerprint density at radius 1 is 1.00 bits per heavy atom. The second kappa shape index (κ2) is 5.48. The van der Waals surface area contributed by atoms with Crippen molar-refractivity contribution in [1.29, 1.82) is 0 Å². The molecule has 2 aliphatic heterocycles. The van der Waals surface area contributed by atoms with E-state index in [0.717, 1.165) is 62.9 Å². The topological polar surface area (TPSA) is 39.7 Å². The van der Waals surface area contributed by atoms with Gasteiger partial charge in [0.05, 0.1) is 19.8 Å². The summed E-state index contributed by atoms with van der Waals surface area (Å²) in [7, 11) is 0. The SMILES string of the molecule is c1cc2c(cc1NC1CCCOC1)OCCCO2. The third-order valence-electron chi connectivity index (χ3n) is 3.28. The molecular weight excluding hydrogens is 230 g/mol. The molecule has 1 N–H and O–H groups in total. The molecule has 0 bridgehead atoms. The minimum absolute atomic E-state index is 0.406. The standard InChI is InChI=1S/C14H19NO3/c1-3-12(10-16-6-1)15-11-4-5-13-14(9-11)18-8-2-7-17-13/h4-5,9,12,15H,1-3,6-8,10H2. The zero-order valence-electron chi connectivity index (χ0n) is 10.5. The molecule has 1 unspecified atom stereocenters. The van der Waals surface area contributed by atoms with Gasteiger partial charge in [0.25, 0.3) is 0 Å². The number of benzene rings is 1. The van der Waals surface area contributed by atoms with Gasteiger partial charge in [0.15, 0.2) is 11.5 Å². The molecule has 0 spiro atoms. The van der Waals surface area contributed by atoms with Crippen molar-refractivity contribution in [2.45, 2.75) is 25.3 Å². The van der Waals surface area contributed by atoms with E-state index in [1.165, 1.54) is 0 Å². The van der Waals surface area contributed by atoms with Crippen molar-refractivity contribution in [1.82, 2.24) is 0 Å². The summed E-state index contributed by atoms with van der Waals surface area (Å²) in [5.41, 5.74) is 1.08. The summed E-state index contributed by atoms with van der Waals surface area (Å²) in [6, 6.07) is 6.45. The predicted octanol–water partition coefficient (Wildman–Crippen LogP) is 2.44. The number of rotatable bonds is 2. The first-order valence-corrected chi connectivity index (χ1v) is 6.66. The van der Waals surface area contributed by atoms with Crippen molar-refractivity contribution in [2.24, 2.45) is 0 Å². The van der Waals surface area contributed by atoms with Gasteiger partial charge in [-0.1, -0.05) is 0 Å². The highest BCUT2D eigenvalue weighted by atomic mass is 16.5. The van der Waals surface area contributed by atoms with Gasteiger partial charge in [-0.25, -0.2) is 0 Å². The maximum Gasteiger partial charge on any atom is 0.163 e. The molecule has 4 heteroatoms. The van der Waals surface area contributed by atoms with Gasteiger partial charge in [0.2, 0.25) is 0 Å². The zero-order valence-corrected chi connectivity index (χ0v) is 10.5. The summed E-state index contributed by atoms with van der Waals surface area (Å²) in [6.07, 6.45) is 3.23. The van der Waals surface area contributed by atoms with E-state index in [1.807, 2.05) is 18.2 Å². The molecular formula is C14H19NO3. The van der Waals surface area contributed by atoms with Gasteiger partial charge < -0.3 is 19.5 Å². The van der Waals surface area contributed by atoms with Gasteiger partial charge in [-0.05, 0) is 25.0 Å². The van der Waals surface area contributed by atoms with Gasteiger partial charge in [-0.15, -0.1) is 0 Å². The largest absolute Gasteiger partial charge is 0.490 e. The van der Waals surface area contributed by atoms with Crippen LogP contribution in [-0.4, -0.2) is 32.5 Å². The van der Waals surface area contributed by atoms with Crippen molar-refractivity contribution >= 4 is 5.69 Å². The van der Waals surface area contributed by atoms with Crippen LogP contribution in [0.3, 0.4) is 0 Å². The number of fused-ring (bicyclic) bond motifs is 1. The van der Waals surface area contributed by atoms with E-state index in [0.29, 0.717) is 6.04 Å². The van der Waals surface area contributed by atoms with Gasteiger partial charge in [0, 0.05) is 30.8 Å². The van der Waals surface area contributed by atoms with E-state index in [-0.39, 0.29) is 0 Å². The first-order chi connectivity index (χ1) is 8.92. The fourth-order valence-electron chi connectivity index (χ4n) is 2.34. The average Bonchev–Trinajstić information content (AvgIpc) is 2.64. The third-order valence-corrected chi connectivity index (χ3v) is 3.28. The van der Waals surface area contributed by atoms with Gasteiger partial charge in [-0.3, -0.25) is 0 Å². The fourth-order valence-corrected chi connectivity index (χ4v) is 2.34. The first kappa shape index (κ1) is 11.7. The molecule has 0 amide bonds. The molecule has 2 aliphatic rings. The molecule has 4 nitrogen and oxygen atoms in total. The lowest BCUT2D eigenvalue weighted by molar-refractivity contribution is 0.0876. The second-order valence-corrected chi connectivity index (χ2v) is 4.77. The Morgan fingerprint density at radius 2 is 1.89 bits per heavy atom. The van der Waals surface area contributed by atoms with Crippen LogP contribution in [-0.2, 0) is 4.74 Å². The minimum Gasteiger partial charge on any atom is -0.490 e. The van der Waals surface area contributed by atoms with E-state index in [1.54, 1.807) is 0 Å². The number of anilines is 1. The molecule has 0 aromatic heterocycles. The monoisotopic (exact) mass is 249 g/mol. The molecule has 2 heterocycles. The lowest BCUT2D eigenvalue weighted by atomic mass is 10.1. The van der Waals surface area contributed by atoms with Gasteiger partial charge in [0.1, 0.15) is 0 Å². The van der Waals surface area contributed by atoms with Crippen LogP contribution in [0.25, 0.3) is 0 Å². The number of hydrogen-bond donors (Lipinski definition) is 1. The Morgan fingerprint density at radius 3 is 2.72 bits per heavy atom. The van der Waals surface area contributed by atoms with E-state index in [9.17, 15) is 0 Å². The molecule has 0 radical (unpaired) electrons. The van der Waals surface area contributed by atoms with Crippen molar-refractivity contribution < 1.29 is 14.2 Å². The Hall–Kier alpha value is -1.42. The average molecular weight is 249 g/mol. The van der Waals surface area contributed by atoms with Crippen LogP contribution >= 0.6 is 0 Å². The molecule has 1 fully saturated rings. The van der Waals surface area contributed by atoms with Crippen LogP contribution in [0.15, 0.2) is 18.2 Å². The molecule has 1 aromatic carbocycles. The molecule has 3 rings (SSSR count). The molecule has 1 saturated heterocycles. The lowest BCUT2D eigenvalue weighted by Crippen LogP contribution is -2.29. The van der Waals surface area contributed by atoms with Crippen LogP contribution in [0.4, 0.5) is 5.69 Å². The number of hydrogen-bond acceptors (Lipinski definition) is 4. The highest BCUT2D eigenvalue weighted by Gasteiger charge is 2.15. The smallest absolute Gasteiger partial charge is 0.163 e. The molecule has 0 aliphatic carbocycles. The minimum atomic E-state index is 0.406. The van der Waals surface area contributed by atoms with Crippen molar-refractivity contribution in [3.05, 3.63) is 18.2 Å². The molecule has 1 atom stereocenters. The van der Waals surface area contributed by atoms with Crippen LogP contribution in [0, 0.1) is 0 Å². The van der Waals surface area contributed by atoms with E-state index in [2.05, 4.69) is 5.32 Å². The summed E-state index contributed by atoms with van der Waals surface area (Å²) in [5.74, 6) is 1.69. The van der Waals surface area contributed by atoms with Gasteiger partial charge in [-0.2, -0.15) is 0 Å². The van der Waals surface area contributed by atoms with Crippen molar-refractivity contribution in [3.8, 4) is 11.5 Å². The fraction of sp³-hybridized carbons (Fsp3) is 0.571. The van der Waals surface area contributed by atoms with E-state index in [4.69, 9.17) is 14.2 Å². The van der Waals surface area contributed by atoms with Crippen molar-refractivity contribution in [2.75, 3.05) is 31.7 Å². The van der Waals surface area contributed by atoms with Crippen LogP contribution < -0.4 is 14.8 Å². The summed E-state index contributed by atoms with van der Waals surface area (Å²) in [4.78, 5) is 0.